The van der Waals surface area contributed by atoms with E-state index < -0.39 is 0 Å². The first kappa shape index (κ1) is 20.1. The summed E-state index contributed by atoms with van der Waals surface area (Å²) in [5.41, 5.74) is 2.07. The molecule has 0 aliphatic carbocycles. The Morgan fingerprint density at radius 3 is 2.41 bits per heavy atom. The van der Waals surface area contributed by atoms with Crippen LogP contribution in [0.2, 0.25) is 0 Å². The minimum absolute atomic E-state index is 0.242. The van der Waals surface area contributed by atoms with Gasteiger partial charge < -0.3 is 20.1 Å². The molecule has 0 atom stereocenters. The van der Waals surface area contributed by atoms with Gasteiger partial charge in [0.25, 0.3) is 5.91 Å². The molecule has 2 aromatic carbocycles. The fourth-order valence-electron chi connectivity index (χ4n) is 2.74. The summed E-state index contributed by atoms with van der Waals surface area (Å²) in [5, 5.41) is 6.00. The summed E-state index contributed by atoms with van der Waals surface area (Å²) >= 11 is 0. The van der Waals surface area contributed by atoms with Gasteiger partial charge in [-0.25, -0.2) is 9.37 Å². The van der Waals surface area contributed by atoms with Gasteiger partial charge in [0, 0.05) is 12.1 Å². The van der Waals surface area contributed by atoms with Gasteiger partial charge in [-0.2, -0.15) is 0 Å². The first-order valence-corrected chi connectivity index (χ1v) is 9.07. The molecule has 3 rings (SSSR count). The lowest BCUT2D eigenvalue weighted by molar-refractivity contribution is 0.102. The van der Waals surface area contributed by atoms with Gasteiger partial charge in [-0.15, -0.1) is 0 Å². The van der Waals surface area contributed by atoms with Crippen LogP contribution in [0.25, 0.3) is 0 Å². The Hall–Kier alpha value is -3.61. The summed E-state index contributed by atoms with van der Waals surface area (Å²) in [4.78, 5) is 16.7. The second-order valence-electron chi connectivity index (χ2n) is 6.26. The number of rotatable bonds is 8. The first-order valence-electron chi connectivity index (χ1n) is 9.07. The zero-order chi connectivity index (χ0) is 20.6. The van der Waals surface area contributed by atoms with Crippen LogP contribution in [-0.4, -0.2) is 31.7 Å². The van der Waals surface area contributed by atoms with Crippen LogP contribution < -0.4 is 20.1 Å². The molecule has 1 amide bonds. The first-order chi connectivity index (χ1) is 14.1. The third kappa shape index (κ3) is 5.44. The lowest BCUT2D eigenvalue weighted by atomic mass is 10.1. The second-order valence-corrected chi connectivity index (χ2v) is 6.26. The molecule has 3 aromatic rings. The summed E-state index contributed by atoms with van der Waals surface area (Å²) in [5.74, 6) is 1.22. The number of benzene rings is 2. The molecule has 0 fully saturated rings. The van der Waals surface area contributed by atoms with Gasteiger partial charge in [0.15, 0.2) is 11.5 Å². The number of anilines is 2. The number of carbonyl (C=O) groups excluding carboxylic acids is 1. The highest BCUT2D eigenvalue weighted by atomic mass is 19.1. The van der Waals surface area contributed by atoms with E-state index in [1.807, 2.05) is 0 Å². The van der Waals surface area contributed by atoms with Gasteiger partial charge in [-0.1, -0.05) is 12.1 Å². The van der Waals surface area contributed by atoms with Crippen molar-refractivity contribution in [3.8, 4) is 11.5 Å². The number of hydrogen-bond donors (Lipinski definition) is 2. The summed E-state index contributed by atoms with van der Waals surface area (Å²) in [6.45, 7) is 0.663. The van der Waals surface area contributed by atoms with Gasteiger partial charge in [0.1, 0.15) is 11.6 Å². The molecule has 6 nitrogen and oxygen atoms in total. The van der Waals surface area contributed by atoms with Crippen LogP contribution in [-0.2, 0) is 6.42 Å². The van der Waals surface area contributed by atoms with Gasteiger partial charge in [0.2, 0.25) is 0 Å². The summed E-state index contributed by atoms with van der Waals surface area (Å²) < 4.78 is 23.3. The number of nitrogens with one attached hydrogen (secondary N) is 2. The number of pyridine rings is 1. The third-order valence-electron chi connectivity index (χ3n) is 4.30. The standard InChI is InChI=1S/C22H22FN3O3/c1-28-19-9-5-16(13-20(19)29-2)22(27)26-18-8-10-21(25-14-18)24-12-11-15-3-6-17(23)7-4-15/h3-10,13-14H,11-12H2,1-2H3,(H,24,25)(H,26,27). The zero-order valence-corrected chi connectivity index (χ0v) is 16.2. The van der Waals surface area contributed by atoms with Crippen LogP contribution in [0.3, 0.4) is 0 Å². The molecule has 0 saturated carbocycles. The summed E-state index contributed by atoms with van der Waals surface area (Å²) in [6.07, 6.45) is 2.33. The van der Waals surface area contributed by atoms with Crippen molar-refractivity contribution in [1.82, 2.24) is 4.98 Å². The van der Waals surface area contributed by atoms with Crippen molar-refractivity contribution in [3.05, 3.63) is 77.7 Å². The quantitative estimate of drug-likeness (QED) is 0.600. The molecular weight excluding hydrogens is 373 g/mol. The van der Waals surface area contributed by atoms with E-state index in [9.17, 15) is 9.18 Å². The minimum atomic E-state index is -0.273. The lowest BCUT2D eigenvalue weighted by Gasteiger charge is -2.10. The molecule has 29 heavy (non-hydrogen) atoms. The average molecular weight is 395 g/mol. The van der Waals surface area contributed by atoms with Crippen LogP contribution >= 0.6 is 0 Å². The summed E-state index contributed by atoms with van der Waals surface area (Å²) in [7, 11) is 3.06. The highest BCUT2D eigenvalue weighted by molar-refractivity contribution is 6.04. The highest BCUT2D eigenvalue weighted by Gasteiger charge is 2.11. The molecule has 0 saturated heterocycles. The Kier molecular flexibility index (Phi) is 6.63. The van der Waals surface area contributed by atoms with E-state index >= 15 is 0 Å². The van der Waals surface area contributed by atoms with E-state index in [1.165, 1.54) is 19.2 Å². The molecular formula is C22H22FN3O3. The Morgan fingerprint density at radius 1 is 1.00 bits per heavy atom. The normalized spacial score (nSPS) is 10.3. The molecule has 0 aliphatic heterocycles. The fourth-order valence-corrected chi connectivity index (χ4v) is 2.74. The molecule has 0 aliphatic rings. The predicted molar refractivity (Wildman–Crippen MR) is 110 cm³/mol. The monoisotopic (exact) mass is 395 g/mol. The van der Waals surface area contributed by atoms with E-state index in [4.69, 9.17) is 9.47 Å². The van der Waals surface area contributed by atoms with Crippen molar-refractivity contribution >= 4 is 17.4 Å². The van der Waals surface area contributed by atoms with Gasteiger partial charge in [-0.05, 0) is 54.4 Å². The Morgan fingerprint density at radius 2 is 1.76 bits per heavy atom. The maximum atomic E-state index is 12.9. The van der Waals surface area contributed by atoms with Crippen molar-refractivity contribution in [2.75, 3.05) is 31.4 Å². The molecule has 0 bridgehead atoms. The van der Waals surface area contributed by atoms with E-state index in [0.29, 0.717) is 35.1 Å². The molecule has 0 spiro atoms. The average Bonchev–Trinajstić information content (AvgIpc) is 2.75. The smallest absolute Gasteiger partial charge is 0.255 e. The Labute approximate surface area is 168 Å². The van der Waals surface area contributed by atoms with Crippen LogP contribution in [0.1, 0.15) is 15.9 Å². The van der Waals surface area contributed by atoms with Crippen LogP contribution in [0.5, 0.6) is 11.5 Å². The van der Waals surface area contributed by atoms with Crippen LogP contribution in [0.15, 0.2) is 60.8 Å². The van der Waals surface area contributed by atoms with Crippen molar-refractivity contribution in [2.24, 2.45) is 0 Å². The van der Waals surface area contributed by atoms with Crippen molar-refractivity contribution in [1.29, 1.82) is 0 Å². The molecule has 150 valence electrons. The number of aromatic nitrogens is 1. The minimum Gasteiger partial charge on any atom is -0.493 e. The van der Waals surface area contributed by atoms with E-state index in [0.717, 1.165) is 12.0 Å². The molecule has 1 heterocycles. The van der Waals surface area contributed by atoms with Gasteiger partial charge >= 0.3 is 0 Å². The number of amides is 1. The summed E-state index contributed by atoms with van der Waals surface area (Å²) in [6, 6.07) is 14.9. The molecule has 0 unspecified atom stereocenters. The number of nitrogens with zero attached hydrogens (tertiary/aromatic N) is 1. The third-order valence-corrected chi connectivity index (χ3v) is 4.30. The Balaban J connectivity index is 1.54. The van der Waals surface area contributed by atoms with Crippen LogP contribution in [0, 0.1) is 5.82 Å². The Bertz CT molecular complexity index is 960. The maximum absolute atomic E-state index is 12.9. The van der Waals surface area contributed by atoms with Gasteiger partial charge in [0.05, 0.1) is 26.1 Å². The topological polar surface area (TPSA) is 72.5 Å². The maximum Gasteiger partial charge on any atom is 0.255 e. The largest absolute Gasteiger partial charge is 0.493 e. The van der Waals surface area contributed by atoms with Crippen molar-refractivity contribution in [3.63, 3.8) is 0 Å². The fraction of sp³-hybridized carbons (Fsp3) is 0.182. The SMILES string of the molecule is COc1ccc(C(=O)Nc2ccc(NCCc3ccc(F)cc3)nc2)cc1OC. The second kappa shape index (κ2) is 9.54. The van der Waals surface area contributed by atoms with E-state index in [2.05, 4.69) is 15.6 Å². The van der Waals surface area contributed by atoms with E-state index in [1.54, 1.807) is 55.8 Å². The number of hydrogen-bond acceptors (Lipinski definition) is 5. The number of methoxy groups -OCH3 is 2. The zero-order valence-electron chi connectivity index (χ0n) is 16.2. The lowest BCUT2D eigenvalue weighted by Crippen LogP contribution is -2.12. The number of halogens is 1. The molecule has 7 heteroatoms. The predicted octanol–water partition coefficient (Wildman–Crippen LogP) is 4.14. The van der Waals surface area contributed by atoms with Gasteiger partial charge in [-0.3, -0.25) is 4.79 Å². The molecule has 2 N–H and O–H groups in total. The van der Waals surface area contributed by atoms with Crippen molar-refractivity contribution in [2.45, 2.75) is 6.42 Å². The number of carbonyl (C=O) groups is 1. The van der Waals surface area contributed by atoms with E-state index in [-0.39, 0.29) is 11.7 Å². The molecule has 1 aromatic heterocycles. The highest BCUT2D eigenvalue weighted by Crippen LogP contribution is 2.27. The van der Waals surface area contributed by atoms with Crippen molar-refractivity contribution < 1.29 is 18.7 Å². The molecule has 0 radical (unpaired) electrons. The van der Waals surface area contributed by atoms with Crippen LogP contribution in [0.4, 0.5) is 15.9 Å². The number of ether oxygens (including phenoxy) is 2.